The van der Waals surface area contributed by atoms with Gasteiger partial charge in [-0.1, -0.05) is 6.92 Å². The molecule has 2 rings (SSSR count). The van der Waals surface area contributed by atoms with Crippen LogP contribution in [0.4, 0.5) is 5.69 Å². The largest absolute Gasteiger partial charge is 0.506 e. The van der Waals surface area contributed by atoms with Crippen molar-refractivity contribution in [2.45, 2.75) is 32.2 Å². The molecule has 0 spiro atoms. The van der Waals surface area contributed by atoms with Crippen molar-refractivity contribution in [1.29, 1.82) is 0 Å². The minimum absolute atomic E-state index is 0.0239. The van der Waals surface area contributed by atoms with Crippen LogP contribution < -0.4 is 5.32 Å². The van der Waals surface area contributed by atoms with Crippen molar-refractivity contribution in [3.8, 4) is 5.75 Å². The third-order valence-corrected chi connectivity index (χ3v) is 5.11. The molecule has 0 unspecified atom stereocenters. The van der Waals surface area contributed by atoms with E-state index < -0.39 is 15.7 Å². The van der Waals surface area contributed by atoms with Gasteiger partial charge in [-0.05, 0) is 38.1 Å². The Morgan fingerprint density at radius 2 is 2.00 bits per heavy atom. The topological polar surface area (TPSA) is 101 Å². The highest BCUT2D eigenvalue weighted by Crippen LogP contribution is 2.27. The molecule has 0 aliphatic rings. The predicted molar refractivity (Wildman–Crippen MR) is 86.2 cm³/mol. The van der Waals surface area contributed by atoms with Crippen molar-refractivity contribution in [1.82, 2.24) is 9.78 Å². The first kappa shape index (κ1) is 17.0. The molecule has 23 heavy (non-hydrogen) atoms. The lowest BCUT2D eigenvalue weighted by Crippen LogP contribution is -2.20. The highest BCUT2D eigenvalue weighted by molar-refractivity contribution is 7.91. The summed E-state index contributed by atoms with van der Waals surface area (Å²) in [5.41, 5.74) is 1.70. The molecule has 1 heterocycles. The average Bonchev–Trinajstić information content (AvgIpc) is 2.79. The van der Waals surface area contributed by atoms with Crippen molar-refractivity contribution < 1.29 is 18.3 Å². The highest BCUT2D eigenvalue weighted by Gasteiger charge is 2.16. The van der Waals surface area contributed by atoms with Crippen LogP contribution in [0.25, 0.3) is 0 Å². The maximum atomic E-state index is 12.1. The van der Waals surface area contributed by atoms with E-state index in [1.54, 1.807) is 0 Å². The van der Waals surface area contributed by atoms with Crippen LogP contribution in [0.2, 0.25) is 0 Å². The van der Waals surface area contributed by atoms with Crippen LogP contribution in [-0.2, 0) is 21.2 Å². The van der Waals surface area contributed by atoms with Gasteiger partial charge in [0, 0.05) is 5.69 Å². The summed E-state index contributed by atoms with van der Waals surface area (Å²) in [4.78, 5) is 12.1. The number of carbonyl (C=O) groups is 1. The van der Waals surface area contributed by atoms with E-state index in [1.165, 1.54) is 29.8 Å². The van der Waals surface area contributed by atoms with E-state index in [-0.39, 0.29) is 28.6 Å². The molecule has 0 aliphatic carbocycles. The molecular formula is C15H19N3O4S. The van der Waals surface area contributed by atoms with Crippen LogP contribution in [0.15, 0.2) is 29.2 Å². The minimum Gasteiger partial charge on any atom is -0.506 e. The van der Waals surface area contributed by atoms with Gasteiger partial charge >= 0.3 is 0 Å². The highest BCUT2D eigenvalue weighted by atomic mass is 32.2. The number of hydrogen-bond acceptors (Lipinski definition) is 5. The Bertz CT molecular complexity index is 840. The third-order valence-electron chi connectivity index (χ3n) is 3.38. The molecule has 0 saturated carbocycles. The second-order valence-corrected chi connectivity index (χ2v) is 7.49. The molecule has 124 valence electrons. The van der Waals surface area contributed by atoms with E-state index in [1.807, 2.05) is 19.9 Å². The first-order chi connectivity index (χ1) is 10.7. The number of amides is 1. The molecule has 2 N–H and O–H groups in total. The number of nitrogens with one attached hydrogen (secondary N) is 1. The number of benzene rings is 1. The first-order valence-electron chi connectivity index (χ1n) is 7.09. The van der Waals surface area contributed by atoms with Crippen LogP contribution in [0, 0.1) is 13.8 Å². The first-order valence-corrected chi connectivity index (χ1v) is 8.75. The maximum Gasteiger partial charge on any atom is 0.246 e. The average molecular weight is 337 g/mol. The number of aromatic nitrogens is 2. The molecular weight excluding hydrogens is 318 g/mol. The molecule has 0 aliphatic heterocycles. The van der Waals surface area contributed by atoms with Gasteiger partial charge in [0.1, 0.15) is 12.3 Å². The second kappa shape index (κ2) is 6.41. The van der Waals surface area contributed by atoms with Crippen LogP contribution >= 0.6 is 0 Å². The molecule has 1 amide bonds. The summed E-state index contributed by atoms with van der Waals surface area (Å²) in [5.74, 6) is -0.656. The molecule has 0 radical (unpaired) electrons. The molecule has 8 heteroatoms. The summed E-state index contributed by atoms with van der Waals surface area (Å²) in [6, 6.07) is 5.67. The lowest BCUT2D eigenvalue weighted by atomic mass is 10.3. The van der Waals surface area contributed by atoms with E-state index in [9.17, 15) is 18.3 Å². The third kappa shape index (κ3) is 3.89. The molecule has 0 fully saturated rings. The zero-order chi connectivity index (χ0) is 17.2. The number of phenols is 1. The summed E-state index contributed by atoms with van der Waals surface area (Å²) in [6.07, 6.45) is 0. The summed E-state index contributed by atoms with van der Waals surface area (Å²) < 4.78 is 25.3. The van der Waals surface area contributed by atoms with Crippen LogP contribution in [-0.4, -0.2) is 35.0 Å². The van der Waals surface area contributed by atoms with E-state index in [0.29, 0.717) is 0 Å². The van der Waals surface area contributed by atoms with Crippen molar-refractivity contribution >= 4 is 21.4 Å². The summed E-state index contributed by atoms with van der Waals surface area (Å²) in [5, 5.41) is 16.5. The van der Waals surface area contributed by atoms with Gasteiger partial charge in [0.15, 0.2) is 9.84 Å². The number of anilines is 1. The number of aryl methyl sites for hydroxylation is 2. The molecule has 0 saturated heterocycles. The van der Waals surface area contributed by atoms with Crippen molar-refractivity contribution in [3.63, 3.8) is 0 Å². The normalized spacial score (nSPS) is 11.4. The van der Waals surface area contributed by atoms with Gasteiger partial charge in [-0.3, -0.25) is 9.48 Å². The van der Waals surface area contributed by atoms with Gasteiger partial charge in [-0.2, -0.15) is 5.10 Å². The second-order valence-electron chi connectivity index (χ2n) is 5.22. The quantitative estimate of drug-likeness (QED) is 0.808. The van der Waals surface area contributed by atoms with Gasteiger partial charge in [-0.25, -0.2) is 8.42 Å². The maximum absolute atomic E-state index is 12.1. The van der Waals surface area contributed by atoms with E-state index in [4.69, 9.17) is 0 Å². The Morgan fingerprint density at radius 1 is 1.30 bits per heavy atom. The lowest BCUT2D eigenvalue weighted by Gasteiger charge is -2.10. The van der Waals surface area contributed by atoms with Crippen molar-refractivity contribution in [3.05, 3.63) is 35.7 Å². The number of aromatic hydroxyl groups is 1. The number of phenolic OH excluding ortho intramolecular Hbond substituents is 1. The van der Waals surface area contributed by atoms with E-state index in [2.05, 4.69) is 10.4 Å². The molecule has 1 aromatic heterocycles. The zero-order valence-electron chi connectivity index (χ0n) is 13.2. The Hall–Kier alpha value is -2.35. The molecule has 0 atom stereocenters. The van der Waals surface area contributed by atoms with Gasteiger partial charge < -0.3 is 10.4 Å². The Kier molecular flexibility index (Phi) is 4.74. The Morgan fingerprint density at radius 3 is 2.57 bits per heavy atom. The van der Waals surface area contributed by atoms with Crippen LogP contribution in [0.1, 0.15) is 18.3 Å². The van der Waals surface area contributed by atoms with Crippen molar-refractivity contribution in [2.75, 3.05) is 11.1 Å². The minimum atomic E-state index is -3.42. The molecule has 0 bridgehead atoms. The predicted octanol–water partition coefficient (Wildman–Crippen LogP) is 1.64. The summed E-state index contributed by atoms with van der Waals surface area (Å²) in [6.45, 7) is 5.17. The van der Waals surface area contributed by atoms with Crippen molar-refractivity contribution in [2.24, 2.45) is 0 Å². The SMILES string of the molecule is CCS(=O)(=O)c1ccc(O)c(NC(=O)Cn2nc(C)cc2C)c1. The van der Waals surface area contributed by atoms with E-state index >= 15 is 0 Å². The van der Waals surface area contributed by atoms with Gasteiger partial charge in [-0.15, -0.1) is 0 Å². The number of sulfone groups is 1. The van der Waals surface area contributed by atoms with Gasteiger partial charge in [0.05, 0.1) is 22.0 Å². The lowest BCUT2D eigenvalue weighted by molar-refractivity contribution is -0.117. The smallest absolute Gasteiger partial charge is 0.246 e. The van der Waals surface area contributed by atoms with Crippen LogP contribution in [0.3, 0.4) is 0 Å². The van der Waals surface area contributed by atoms with Gasteiger partial charge in [0.2, 0.25) is 5.91 Å². The monoisotopic (exact) mass is 337 g/mol. The fraction of sp³-hybridized carbons (Fsp3) is 0.333. The molecule has 7 nitrogen and oxygen atoms in total. The number of hydrogen-bond donors (Lipinski definition) is 2. The Labute approximate surface area is 134 Å². The molecule has 1 aromatic carbocycles. The fourth-order valence-corrected chi connectivity index (χ4v) is 3.04. The summed E-state index contributed by atoms with van der Waals surface area (Å²) >= 11 is 0. The summed E-state index contributed by atoms with van der Waals surface area (Å²) in [7, 11) is -3.42. The number of nitrogens with zero attached hydrogens (tertiary/aromatic N) is 2. The Balaban J connectivity index is 2.21. The standard InChI is InChI=1S/C15H19N3O4S/c1-4-23(21,22)12-5-6-14(19)13(8-12)16-15(20)9-18-11(3)7-10(2)17-18/h5-8,19H,4,9H2,1-3H3,(H,16,20). The zero-order valence-corrected chi connectivity index (χ0v) is 14.0. The number of rotatable bonds is 5. The molecule has 2 aromatic rings. The number of carbonyl (C=O) groups excluding carboxylic acids is 1. The van der Waals surface area contributed by atoms with E-state index in [0.717, 1.165) is 11.4 Å². The van der Waals surface area contributed by atoms with Gasteiger partial charge in [0.25, 0.3) is 0 Å². The van der Waals surface area contributed by atoms with Crippen LogP contribution in [0.5, 0.6) is 5.75 Å². The fourth-order valence-electron chi connectivity index (χ4n) is 2.14.